The lowest BCUT2D eigenvalue weighted by atomic mass is 10.1. The molecule has 1 unspecified atom stereocenters. The Morgan fingerprint density at radius 3 is 0.932 bits per heavy atom. The van der Waals surface area contributed by atoms with E-state index in [9.17, 15) is 14.4 Å². The topological polar surface area (TPSA) is 78.9 Å². The minimum absolute atomic E-state index is 0.109. The van der Waals surface area contributed by atoms with Gasteiger partial charge in [0, 0.05) is 19.3 Å². The number of hydrogen-bond donors (Lipinski definition) is 0. The van der Waals surface area contributed by atoms with Crippen molar-refractivity contribution in [2.24, 2.45) is 0 Å². The maximum atomic E-state index is 12.9. The lowest BCUT2D eigenvalue weighted by Gasteiger charge is -2.18. The average Bonchev–Trinajstić information content (AvgIpc) is 3.39. The zero-order valence-electron chi connectivity index (χ0n) is 47.4. The molecule has 0 aromatic rings. The summed E-state index contributed by atoms with van der Waals surface area (Å²) in [5, 5.41) is 0. The average molecular weight is 1010 g/mol. The molecule has 1 atom stereocenters. The first-order chi connectivity index (χ1) is 36.0. The van der Waals surface area contributed by atoms with Crippen LogP contribution in [0.2, 0.25) is 0 Å². The van der Waals surface area contributed by atoms with E-state index in [0.717, 1.165) is 103 Å². The summed E-state index contributed by atoms with van der Waals surface area (Å²) in [5.41, 5.74) is 0. The normalized spacial score (nSPS) is 13.0. The van der Waals surface area contributed by atoms with Crippen LogP contribution in [0.1, 0.15) is 265 Å². The van der Waals surface area contributed by atoms with Crippen molar-refractivity contribution in [1.82, 2.24) is 0 Å². The van der Waals surface area contributed by atoms with Crippen LogP contribution in [0.4, 0.5) is 0 Å². The number of carbonyl (C=O) groups is 3. The molecule has 6 heteroatoms. The van der Waals surface area contributed by atoms with Gasteiger partial charge in [-0.15, -0.1) is 0 Å². The molecule has 0 saturated carbocycles. The van der Waals surface area contributed by atoms with E-state index >= 15 is 0 Å². The predicted molar refractivity (Wildman–Crippen MR) is 316 cm³/mol. The SMILES string of the molecule is CC/C=C\C/C=C\C/C=C\C/C=C\C/C=C\CCCCCCCCCC(=O)OCC(COC(=O)CC/C=C\C/C=C\C/C=C\C/C=C\CC)OC(=O)CCCCCCCCCCC/C=C\CCCCCCCC. The molecule has 414 valence electrons. The van der Waals surface area contributed by atoms with Gasteiger partial charge in [0.2, 0.25) is 0 Å². The van der Waals surface area contributed by atoms with Gasteiger partial charge in [0.1, 0.15) is 13.2 Å². The van der Waals surface area contributed by atoms with Crippen LogP contribution in [0, 0.1) is 0 Å². The molecule has 0 fully saturated rings. The molecule has 0 aliphatic carbocycles. The van der Waals surface area contributed by atoms with Crippen molar-refractivity contribution in [2.45, 2.75) is 271 Å². The molecule has 0 heterocycles. The van der Waals surface area contributed by atoms with Gasteiger partial charge in [-0.2, -0.15) is 0 Å². The van der Waals surface area contributed by atoms with Crippen LogP contribution < -0.4 is 0 Å². The Balaban J connectivity index is 4.43. The zero-order chi connectivity index (χ0) is 52.9. The second-order valence-electron chi connectivity index (χ2n) is 19.5. The predicted octanol–water partition coefficient (Wildman–Crippen LogP) is 20.4. The number of ether oxygens (including phenoxy) is 3. The van der Waals surface area contributed by atoms with Crippen molar-refractivity contribution in [3.05, 3.63) is 122 Å². The van der Waals surface area contributed by atoms with Crippen LogP contribution in [0.25, 0.3) is 0 Å². The minimum atomic E-state index is -0.816. The molecule has 0 aliphatic rings. The van der Waals surface area contributed by atoms with Crippen molar-refractivity contribution >= 4 is 17.9 Å². The summed E-state index contributed by atoms with van der Waals surface area (Å²) < 4.78 is 16.8. The molecule has 0 rings (SSSR count). The molecule has 6 nitrogen and oxygen atoms in total. The Labute approximate surface area is 450 Å². The van der Waals surface area contributed by atoms with Crippen LogP contribution in [0.15, 0.2) is 122 Å². The highest BCUT2D eigenvalue weighted by Crippen LogP contribution is 2.15. The third kappa shape index (κ3) is 58.6. The molecule has 73 heavy (non-hydrogen) atoms. The van der Waals surface area contributed by atoms with Crippen LogP contribution in [0.3, 0.4) is 0 Å². The Morgan fingerprint density at radius 2 is 0.562 bits per heavy atom. The summed E-state index contributed by atoms with van der Waals surface area (Å²) in [7, 11) is 0. The third-order valence-corrected chi connectivity index (χ3v) is 12.4. The van der Waals surface area contributed by atoms with Crippen LogP contribution in [-0.2, 0) is 28.6 Å². The van der Waals surface area contributed by atoms with E-state index in [1.54, 1.807) is 0 Å². The Morgan fingerprint density at radius 1 is 0.288 bits per heavy atom. The first-order valence-corrected chi connectivity index (χ1v) is 30.0. The Kier molecular flexibility index (Phi) is 56.9. The third-order valence-electron chi connectivity index (χ3n) is 12.4. The van der Waals surface area contributed by atoms with Gasteiger partial charge in [-0.25, -0.2) is 0 Å². The fourth-order valence-corrected chi connectivity index (χ4v) is 8.01. The van der Waals surface area contributed by atoms with Gasteiger partial charge in [-0.3, -0.25) is 14.4 Å². The van der Waals surface area contributed by atoms with Gasteiger partial charge in [0.05, 0.1) is 0 Å². The summed E-state index contributed by atoms with van der Waals surface area (Å²) in [4.78, 5) is 38.2. The van der Waals surface area contributed by atoms with E-state index < -0.39 is 6.10 Å². The number of esters is 3. The van der Waals surface area contributed by atoms with E-state index in [-0.39, 0.29) is 37.5 Å². The van der Waals surface area contributed by atoms with E-state index in [1.807, 2.05) is 6.08 Å². The van der Waals surface area contributed by atoms with Crippen molar-refractivity contribution < 1.29 is 28.6 Å². The van der Waals surface area contributed by atoms with Crippen molar-refractivity contribution in [2.75, 3.05) is 13.2 Å². The zero-order valence-corrected chi connectivity index (χ0v) is 47.4. The maximum Gasteiger partial charge on any atom is 0.306 e. The number of carbonyl (C=O) groups excluding carboxylic acids is 3. The highest BCUT2D eigenvalue weighted by molar-refractivity contribution is 5.71. The lowest BCUT2D eigenvalue weighted by Crippen LogP contribution is -2.30. The molecule has 0 aliphatic heterocycles. The number of hydrogen-bond acceptors (Lipinski definition) is 6. The second-order valence-corrected chi connectivity index (χ2v) is 19.5. The second kappa shape index (κ2) is 60.4. The molecule has 0 N–H and O–H groups in total. The van der Waals surface area contributed by atoms with Crippen molar-refractivity contribution in [1.29, 1.82) is 0 Å². The number of unbranched alkanes of at least 4 members (excludes halogenated alkanes) is 22. The summed E-state index contributed by atoms with van der Waals surface area (Å²) in [6.07, 6.45) is 83.5. The summed E-state index contributed by atoms with van der Waals surface area (Å²) in [6.45, 7) is 6.34. The molecule has 0 amide bonds. The van der Waals surface area contributed by atoms with Gasteiger partial charge in [-0.05, 0) is 116 Å². The lowest BCUT2D eigenvalue weighted by molar-refractivity contribution is -0.166. The molecule has 0 bridgehead atoms. The van der Waals surface area contributed by atoms with Crippen LogP contribution in [-0.4, -0.2) is 37.2 Å². The Bertz CT molecular complexity index is 1540. The van der Waals surface area contributed by atoms with Gasteiger partial charge >= 0.3 is 17.9 Å². The highest BCUT2D eigenvalue weighted by Gasteiger charge is 2.19. The summed E-state index contributed by atoms with van der Waals surface area (Å²) in [6, 6.07) is 0. The minimum Gasteiger partial charge on any atom is -0.462 e. The van der Waals surface area contributed by atoms with Crippen molar-refractivity contribution in [3.8, 4) is 0 Å². The van der Waals surface area contributed by atoms with Crippen LogP contribution in [0.5, 0.6) is 0 Å². The van der Waals surface area contributed by atoms with E-state index in [4.69, 9.17) is 14.2 Å². The monoisotopic (exact) mass is 1010 g/mol. The highest BCUT2D eigenvalue weighted by atomic mass is 16.6. The molecule has 0 spiro atoms. The van der Waals surface area contributed by atoms with E-state index in [0.29, 0.717) is 19.3 Å². The van der Waals surface area contributed by atoms with Gasteiger partial charge < -0.3 is 14.2 Å². The first-order valence-electron chi connectivity index (χ1n) is 30.0. The van der Waals surface area contributed by atoms with Crippen LogP contribution >= 0.6 is 0 Å². The fraction of sp³-hybridized carbons (Fsp3) is 0.657. The molecule has 0 saturated heterocycles. The number of allylic oxidation sites excluding steroid dienone is 20. The largest absolute Gasteiger partial charge is 0.462 e. The quantitative estimate of drug-likeness (QED) is 0.0261. The molecular formula is C67H110O6. The fourth-order valence-electron chi connectivity index (χ4n) is 8.01. The van der Waals surface area contributed by atoms with Crippen molar-refractivity contribution in [3.63, 3.8) is 0 Å². The van der Waals surface area contributed by atoms with Gasteiger partial charge in [-0.1, -0.05) is 251 Å². The molecular weight excluding hydrogens is 901 g/mol. The van der Waals surface area contributed by atoms with E-state index in [1.165, 1.54) is 116 Å². The summed E-state index contributed by atoms with van der Waals surface area (Å²) >= 11 is 0. The summed E-state index contributed by atoms with van der Waals surface area (Å²) in [5.74, 6) is -1.00. The first kappa shape index (κ1) is 68.8. The molecule has 0 aromatic carbocycles. The van der Waals surface area contributed by atoms with Gasteiger partial charge in [0.15, 0.2) is 6.10 Å². The van der Waals surface area contributed by atoms with Gasteiger partial charge in [0.25, 0.3) is 0 Å². The maximum absolute atomic E-state index is 12.9. The molecule has 0 radical (unpaired) electrons. The number of rotatable bonds is 53. The Hall–Kier alpha value is -4.19. The van der Waals surface area contributed by atoms with E-state index in [2.05, 4.69) is 136 Å². The standard InChI is InChI=1S/C67H110O6/c1-4-7-10-13-16-19-22-25-27-29-31-32-33-34-36-37-39-42-45-48-51-54-57-60-66(69)72-63-64(62-71-65(68)59-56-53-50-47-44-41-24-21-18-15-12-9-6-3)73-67(70)61-58-55-52-49-46-43-40-38-35-30-28-26-23-20-17-14-11-8-5-2/h7,9-10,12,16,18-19,21,25-28,31-32,34,36,41,44,50,53,64H,4-6,8,11,13-15,17,20,22-24,29-30,33,35,37-40,42-43,45-49,51-52,54-63H2,1-3H3/b10-7-,12-9-,19-16-,21-18-,27-25-,28-26-,32-31-,36-34-,44-41-,53-50-. The molecule has 0 aromatic heterocycles. The smallest absolute Gasteiger partial charge is 0.306 e.